The molecule has 0 aliphatic carbocycles. The minimum absolute atomic E-state index is 0.415. The van der Waals surface area contributed by atoms with E-state index in [4.69, 9.17) is 8.83 Å². The van der Waals surface area contributed by atoms with Crippen molar-refractivity contribution in [1.82, 2.24) is 8.80 Å². The van der Waals surface area contributed by atoms with Gasteiger partial charge in [-0.2, -0.15) is 0 Å². The lowest BCUT2D eigenvalue weighted by atomic mass is 10.0. The second kappa shape index (κ2) is 16.9. The quantitative estimate of drug-likeness (QED) is 0.137. The lowest BCUT2D eigenvalue weighted by Crippen LogP contribution is -2.10. The van der Waals surface area contributed by atoms with E-state index in [1.165, 1.54) is 87.3 Å². The predicted octanol–water partition coefficient (Wildman–Crippen LogP) is 21.5. The van der Waals surface area contributed by atoms with Crippen LogP contribution in [-0.4, -0.2) is 8.80 Å². The summed E-state index contributed by atoms with van der Waals surface area (Å²) in [5.74, 6) is 1.60. The van der Waals surface area contributed by atoms with Crippen molar-refractivity contribution >= 4 is 155 Å². The van der Waals surface area contributed by atoms with Crippen LogP contribution in [0, 0.1) is 0 Å². The fourth-order valence-corrected chi connectivity index (χ4v) is 13.3. The van der Waals surface area contributed by atoms with E-state index in [1.807, 2.05) is 19.1 Å². The molecule has 10 aromatic carbocycles. The molecule has 0 saturated heterocycles. The van der Waals surface area contributed by atoms with Gasteiger partial charge in [0.15, 0.2) is 11.2 Å². The Morgan fingerprint density at radius 3 is 1.33 bits per heavy atom. The maximum atomic E-state index is 6.72. The third kappa shape index (κ3) is 6.40. The Hall–Kier alpha value is -9.78. The highest BCUT2D eigenvalue weighted by atomic mass is 16.3. The number of hydrogen-bond donors (Lipinski definition) is 0. The Morgan fingerprint density at radius 2 is 0.835 bits per heavy atom. The number of aromatic nitrogens is 2. The van der Waals surface area contributed by atoms with Crippen molar-refractivity contribution in [2.45, 2.75) is 46.5 Å². The molecule has 0 saturated carbocycles. The van der Waals surface area contributed by atoms with Crippen molar-refractivity contribution in [3.63, 3.8) is 0 Å². The third-order valence-corrected chi connectivity index (χ3v) is 17.0. The largest absolute Gasteiger partial charge is 0.454 e. The number of rotatable bonds is 10. The van der Waals surface area contributed by atoms with Crippen LogP contribution in [0.25, 0.3) is 121 Å². The van der Waals surface area contributed by atoms with E-state index >= 15 is 0 Å². The number of para-hydroxylation sites is 5. The molecule has 0 fully saturated rings. The van der Waals surface area contributed by atoms with Crippen molar-refractivity contribution in [2.24, 2.45) is 0 Å². The predicted molar refractivity (Wildman–Crippen MR) is 335 cm³/mol. The van der Waals surface area contributed by atoms with Gasteiger partial charge in [0, 0.05) is 87.6 Å². The average molecular weight is 1020 g/mol. The summed E-state index contributed by atoms with van der Waals surface area (Å²) >= 11 is 0. The van der Waals surface area contributed by atoms with Crippen molar-refractivity contribution in [3.05, 3.63) is 229 Å². The van der Waals surface area contributed by atoms with Crippen molar-refractivity contribution < 1.29 is 8.83 Å². The number of furan rings is 2. The summed E-state index contributed by atoms with van der Waals surface area (Å²) in [6.07, 6.45) is 5.99. The van der Waals surface area contributed by atoms with Crippen molar-refractivity contribution in [2.75, 3.05) is 9.80 Å². The standard InChI is InChI=1S/C73H54N4O2/c1-7-15-50-56-21-13-23-64(72(56)78-68(50)8-2)74(46-30-26-44(27-31-46)42(3)4)48-34-36-62-58(38-48)52-17-11-19-54-60-41-67-61(40-66(60)76(62)70(52)54)55-20-12-18-53-59-39-49(35-37-63(59)77(67)71(53)55)75(47-32-28-45(29-33-47)43(5)6)65-24-14-22-57-51-16-9-10-25-69(51)79-73(57)65/h7-43H,2H2,1,3-6H3/b15-7-. The van der Waals surface area contributed by atoms with Crippen LogP contribution in [0.2, 0.25) is 0 Å². The first-order valence-electron chi connectivity index (χ1n) is 27.6. The van der Waals surface area contributed by atoms with E-state index in [-0.39, 0.29) is 0 Å². The van der Waals surface area contributed by atoms with Gasteiger partial charge in [0.05, 0.1) is 44.5 Å². The van der Waals surface area contributed by atoms with Crippen molar-refractivity contribution in [1.29, 1.82) is 0 Å². The molecule has 6 aromatic heterocycles. The van der Waals surface area contributed by atoms with E-state index in [1.54, 1.807) is 0 Å². The zero-order valence-electron chi connectivity index (χ0n) is 44.7. The van der Waals surface area contributed by atoms with Gasteiger partial charge in [0.2, 0.25) is 0 Å². The van der Waals surface area contributed by atoms with E-state index in [2.05, 4.69) is 253 Å². The van der Waals surface area contributed by atoms with Crippen LogP contribution in [0.5, 0.6) is 0 Å². The molecule has 0 spiro atoms. The van der Waals surface area contributed by atoms with Gasteiger partial charge in [-0.05, 0) is 127 Å². The van der Waals surface area contributed by atoms with Gasteiger partial charge in [-0.3, -0.25) is 0 Å². The van der Waals surface area contributed by atoms with Gasteiger partial charge >= 0.3 is 0 Å². The molecule has 16 aromatic rings. The average Bonchev–Trinajstić information content (AvgIpc) is 4.51. The van der Waals surface area contributed by atoms with Crippen LogP contribution < -0.4 is 9.80 Å². The lowest BCUT2D eigenvalue weighted by Gasteiger charge is -2.26. The minimum Gasteiger partial charge on any atom is -0.454 e. The van der Waals surface area contributed by atoms with Gasteiger partial charge < -0.3 is 27.4 Å². The molecule has 0 aliphatic rings. The summed E-state index contributed by atoms with van der Waals surface area (Å²) in [7, 11) is 0. The fourth-order valence-electron chi connectivity index (χ4n) is 13.3. The zero-order chi connectivity index (χ0) is 52.9. The number of anilines is 6. The summed E-state index contributed by atoms with van der Waals surface area (Å²) in [6.45, 7) is 15.1. The molecule has 378 valence electrons. The molecule has 0 atom stereocenters. The highest BCUT2D eigenvalue weighted by molar-refractivity contribution is 6.29. The van der Waals surface area contributed by atoms with Gasteiger partial charge in [0.1, 0.15) is 11.3 Å². The Morgan fingerprint density at radius 1 is 0.405 bits per heavy atom. The van der Waals surface area contributed by atoms with E-state index in [0.717, 1.165) is 78.4 Å². The van der Waals surface area contributed by atoms with Crippen LogP contribution in [0.15, 0.2) is 216 Å². The fraction of sp³-hybridized carbons (Fsp3) is 0.0959. The molecule has 6 heteroatoms. The summed E-state index contributed by atoms with van der Waals surface area (Å²) < 4.78 is 18.4. The molecule has 0 amide bonds. The lowest BCUT2D eigenvalue weighted by molar-refractivity contribution is 0.604. The van der Waals surface area contributed by atoms with Crippen LogP contribution >= 0.6 is 0 Å². The number of fused-ring (bicyclic) bond motifs is 16. The molecule has 0 N–H and O–H groups in total. The van der Waals surface area contributed by atoms with E-state index < -0.39 is 0 Å². The van der Waals surface area contributed by atoms with Gasteiger partial charge in [0.25, 0.3) is 0 Å². The maximum Gasteiger partial charge on any atom is 0.159 e. The Labute approximate surface area is 456 Å². The van der Waals surface area contributed by atoms with E-state index in [9.17, 15) is 0 Å². The van der Waals surface area contributed by atoms with Crippen LogP contribution in [0.1, 0.15) is 68.9 Å². The van der Waals surface area contributed by atoms with Crippen LogP contribution in [0.4, 0.5) is 34.1 Å². The first-order valence-corrected chi connectivity index (χ1v) is 27.6. The summed E-state index contributed by atoms with van der Waals surface area (Å²) in [4.78, 5) is 4.73. The molecule has 0 bridgehead atoms. The smallest absolute Gasteiger partial charge is 0.159 e. The molecule has 16 rings (SSSR count). The minimum atomic E-state index is 0.415. The number of nitrogens with zero attached hydrogens (tertiary/aromatic N) is 4. The second-order valence-electron chi connectivity index (χ2n) is 22.0. The molecule has 0 unspecified atom stereocenters. The van der Waals surface area contributed by atoms with E-state index in [0.29, 0.717) is 11.8 Å². The first-order chi connectivity index (χ1) is 38.8. The van der Waals surface area contributed by atoms with Gasteiger partial charge in [-0.25, -0.2) is 0 Å². The molecule has 6 heterocycles. The summed E-state index contributed by atoms with van der Waals surface area (Å²) in [6, 6.07) is 71.9. The zero-order valence-corrected chi connectivity index (χ0v) is 44.7. The van der Waals surface area contributed by atoms with Crippen LogP contribution in [-0.2, 0) is 0 Å². The molecular formula is C73H54N4O2. The Kier molecular flexibility index (Phi) is 9.69. The van der Waals surface area contributed by atoms with Gasteiger partial charge in [-0.15, -0.1) is 0 Å². The molecular weight excluding hydrogens is 965 g/mol. The highest BCUT2D eigenvalue weighted by Crippen LogP contribution is 2.49. The maximum absolute atomic E-state index is 6.72. The topological polar surface area (TPSA) is 41.6 Å². The van der Waals surface area contributed by atoms with Crippen LogP contribution in [0.3, 0.4) is 0 Å². The molecule has 79 heavy (non-hydrogen) atoms. The summed E-state index contributed by atoms with van der Waals surface area (Å²) in [5.41, 5.74) is 19.7. The third-order valence-electron chi connectivity index (χ3n) is 17.0. The molecule has 6 nitrogen and oxygen atoms in total. The Balaban J connectivity index is 0.881. The SMILES string of the molecule is C=Cc1oc2c(N(c3ccc(C(C)C)cc3)c3ccc4c(c3)c3cccc5c6cc7c(cc6n4c35)c3cccc4c5cc(N(c6ccc(C(C)C)cc6)c6cccc8c6oc6ccccc68)ccc5n7c43)cccc2c1/C=C\C. The van der Waals surface area contributed by atoms with Crippen molar-refractivity contribution in [3.8, 4) is 0 Å². The highest BCUT2D eigenvalue weighted by Gasteiger charge is 2.27. The summed E-state index contributed by atoms with van der Waals surface area (Å²) in [5, 5.41) is 13.1. The molecule has 0 radical (unpaired) electrons. The normalized spacial score (nSPS) is 12.6. The molecule has 0 aliphatic heterocycles. The Bertz CT molecular complexity index is 5180. The number of allylic oxidation sites excluding steroid dienone is 1. The number of benzene rings is 10. The monoisotopic (exact) mass is 1020 g/mol. The second-order valence-corrected chi connectivity index (χ2v) is 22.0. The number of hydrogen-bond acceptors (Lipinski definition) is 4. The first kappa shape index (κ1) is 45.4. The van der Waals surface area contributed by atoms with Gasteiger partial charge in [-0.1, -0.05) is 150 Å².